The number of fused-ring (bicyclic) bond motifs is 1. The lowest BCUT2D eigenvalue weighted by molar-refractivity contribution is 0.313. The van der Waals surface area contributed by atoms with Crippen LogP contribution >= 0.6 is 23.4 Å². The van der Waals surface area contributed by atoms with Crippen molar-refractivity contribution in [2.75, 3.05) is 43.4 Å². The molecule has 7 nitrogen and oxygen atoms in total. The van der Waals surface area contributed by atoms with Gasteiger partial charge < -0.3 is 15.1 Å². The van der Waals surface area contributed by atoms with Crippen LogP contribution in [0.5, 0.6) is 0 Å². The Bertz CT molecular complexity index is 1230. The van der Waals surface area contributed by atoms with E-state index >= 15 is 0 Å². The van der Waals surface area contributed by atoms with Crippen molar-refractivity contribution in [3.05, 3.63) is 70.9 Å². The highest BCUT2D eigenvalue weighted by Gasteiger charge is 2.15. The summed E-state index contributed by atoms with van der Waals surface area (Å²) in [5.41, 5.74) is 4.32. The number of rotatable bonds is 6. The number of nitrogens with one attached hydrogen (secondary N) is 1. The number of thioether (sulfide) groups is 1. The van der Waals surface area contributed by atoms with Gasteiger partial charge in [0, 0.05) is 60.1 Å². The molecular formula is C24H26ClN7S. The van der Waals surface area contributed by atoms with Crippen molar-refractivity contribution in [1.29, 1.82) is 0 Å². The van der Waals surface area contributed by atoms with Crippen molar-refractivity contribution in [2.45, 2.75) is 17.8 Å². The summed E-state index contributed by atoms with van der Waals surface area (Å²) >= 11 is 7.56. The third kappa shape index (κ3) is 5.24. The Hall–Kier alpha value is -2.81. The van der Waals surface area contributed by atoms with Crippen molar-refractivity contribution < 1.29 is 0 Å². The van der Waals surface area contributed by atoms with E-state index in [2.05, 4.69) is 61.5 Å². The van der Waals surface area contributed by atoms with Crippen molar-refractivity contribution in [1.82, 2.24) is 24.5 Å². The van der Waals surface area contributed by atoms with Gasteiger partial charge in [-0.1, -0.05) is 35.5 Å². The average Bonchev–Trinajstić information content (AvgIpc) is 3.23. The molecule has 1 aliphatic heterocycles. The largest absolute Gasteiger partial charge is 0.369 e. The van der Waals surface area contributed by atoms with E-state index in [-0.39, 0.29) is 0 Å². The number of benzene rings is 2. The number of hydrogen-bond donors (Lipinski definition) is 1. The molecule has 5 rings (SSSR count). The lowest BCUT2D eigenvalue weighted by atomic mass is 10.2. The maximum absolute atomic E-state index is 5.98. The van der Waals surface area contributed by atoms with Crippen LogP contribution in [0, 0.1) is 6.92 Å². The third-order valence-corrected chi connectivity index (χ3v) is 6.87. The Labute approximate surface area is 202 Å². The fraction of sp³-hybridized carbons (Fsp3) is 0.292. The monoisotopic (exact) mass is 479 g/mol. The highest BCUT2D eigenvalue weighted by molar-refractivity contribution is 7.98. The first-order valence-corrected chi connectivity index (χ1v) is 12.3. The molecule has 3 heterocycles. The van der Waals surface area contributed by atoms with Crippen LogP contribution in [-0.4, -0.2) is 57.7 Å². The van der Waals surface area contributed by atoms with Gasteiger partial charge in [0.1, 0.15) is 5.82 Å². The van der Waals surface area contributed by atoms with Crippen molar-refractivity contribution in [3.8, 4) is 0 Å². The normalized spacial score (nSPS) is 14.7. The zero-order chi connectivity index (χ0) is 22.8. The van der Waals surface area contributed by atoms with Crippen LogP contribution in [0.15, 0.2) is 59.8 Å². The first-order chi connectivity index (χ1) is 16.0. The summed E-state index contributed by atoms with van der Waals surface area (Å²) in [6, 6.07) is 18.4. The Kier molecular flexibility index (Phi) is 6.39. The Morgan fingerprint density at radius 3 is 2.42 bits per heavy atom. The lowest BCUT2D eigenvalue weighted by Gasteiger charge is -2.34. The molecule has 170 valence electrons. The van der Waals surface area contributed by atoms with Crippen LogP contribution < -0.4 is 10.2 Å². The van der Waals surface area contributed by atoms with Crippen molar-refractivity contribution in [2.24, 2.45) is 0 Å². The van der Waals surface area contributed by atoms with Gasteiger partial charge in [-0.15, -0.1) is 5.10 Å². The average molecular weight is 480 g/mol. The van der Waals surface area contributed by atoms with Crippen molar-refractivity contribution in [3.63, 3.8) is 0 Å². The summed E-state index contributed by atoms with van der Waals surface area (Å²) in [4.78, 5) is 14.0. The van der Waals surface area contributed by atoms with Gasteiger partial charge >= 0.3 is 0 Å². The maximum atomic E-state index is 5.98. The molecule has 0 atom stereocenters. The Morgan fingerprint density at radius 2 is 1.70 bits per heavy atom. The van der Waals surface area contributed by atoms with Crippen molar-refractivity contribution >= 4 is 46.3 Å². The summed E-state index contributed by atoms with van der Waals surface area (Å²) in [5.74, 6) is 2.20. The van der Waals surface area contributed by atoms with Crippen LogP contribution in [0.3, 0.4) is 0 Å². The molecule has 0 amide bonds. The standard InChI is InChI=1S/C24H26ClN7S/c1-17-15-22(27-20-7-9-21(10-8-20)31-13-11-30(2)12-14-31)32-23(26-17)28-24(29-32)33-16-18-3-5-19(25)6-4-18/h3-10,15,27H,11-14,16H2,1-2H3. The first-order valence-electron chi connectivity index (χ1n) is 11.0. The number of anilines is 3. The second kappa shape index (κ2) is 9.59. The van der Waals surface area contributed by atoms with Gasteiger partial charge in [0.15, 0.2) is 0 Å². The van der Waals surface area contributed by atoms with E-state index in [0.717, 1.165) is 54.2 Å². The molecule has 4 aromatic rings. The molecule has 0 spiro atoms. The highest BCUT2D eigenvalue weighted by Crippen LogP contribution is 2.25. The Morgan fingerprint density at radius 1 is 0.970 bits per heavy atom. The van der Waals surface area contributed by atoms with E-state index in [9.17, 15) is 0 Å². The van der Waals surface area contributed by atoms with Gasteiger partial charge in [0.25, 0.3) is 5.78 Å². The van der Waals surface area contributed by atoms with E-state index < -0.39 is 0 Å². The highest BCUT2D eigenvalue weighted by atomic mass is 35.5. The van der Waals surface area contributed by atoms with E-state index in [1.54, 1.807) is 16.3 Å². The summed E-state index contributed by atoms with van der Waals surface area (Å²) in [7, 11) is 2.17. The number of nitrogens with zero attached hydrogens (tertiary/aromatic N) is 6. The van der Waals surface area contributed by atoms with E-state index in [1.165, 1.54) is 11.3 Å². The van der Waals surface area contributed by atoms with Gasteiger partial charge in [0.2, 0.25) is 5.16 Å². The zero-order valence-corrected chi connectivity index (χ0v) is 20.3. The summed E-state index contributed by atoms with van der Waals surface area (Å²) in [6.45, 7) is 6.28. The molecule has 2 aromatic carbocycles. The minimum Gasteiger partial charge on any atom is -0.369 e. The smallest absolute Gasteiger partial charge is 0.255 e. The van der Waals surface area contributed by atoms with Crippen LogP contribution in [0.2, 0.25) is 5.02 Å². The Balaban J connectivity index is 1.31. The molecule has 0 bridgehead atoms. The quantitative estimate of drug-likeness (QED) is 0.396. The van der Waals surface area contributed by atoms with Crippen LogP contribution in [0.1, 0.15) is 11.3 Å². The van der Waals surface area contributed by atoms with Gasteiger partial charge in [-0.2, -0.15) is 9.50 Å². The number of aromatic nitrogens is 4. The number of hydrogen-bond acceptors (Lipinski definition) is 7. The molecule has 0 unspecified atom stereocenters. The van der Waals surface area contributed by atoms with E-state index in [1.807, 2.05) is 37.3 Å². The zero-order valence-electron chi connectivity index (χ0n) is 18.7. The summed E-state index contributed by atoms with van der Waals surface area (Å²) < 4.78 is 1.77. The van der Waals surface area contributed by atoms with Gasteiger partial charge in [-0.3, -0.25) is 0 Å². The molecule has 33 heavy (non-hydrogen) atoms. The SMILES string of the molecule is Cc1cc(Nc2ccc(N3CCN(C)CC3)cc2)n2nc(SCc3ccc(Cl)cc3)nc2n1. The fourth-order valence-electron chi connectivity index (χ4n) is 3.82. The molecule has 1 saturated heterocycles. The van der Waals surface area contributed by atoms with Crippen LogP contribution in [-0.2, 0) is 5.75 Å². The predicted molar refractivity (Wildman–Crippen MR) is 136 cm³/mol. The molecule has 0 saturated carbocycles. The predicted octanol–water partition coefficient (Wildman–Crippen LogP) is 4.87. The van der Waals surface area contributed by atoms with Crippen LogP contribution in [0.25, 0.3) is 5.78 Å². The number of halogens is 1. The molecule has 0 aliphatic carbocycles. The van der Waals surface area contributed by atoms with Crippen LogP contribution in [0.4, 0.5) is 17.2 Å². The molecule has 1 aliphatic rings. The second-order valence-electron chi connectivity index (χ2n) is 8.27. The maximum Gasteiger partial charge on any atom is 0.255 e. The van der Waals surface area contributed by atoms with E-state index in [4.69, 9.17) is 11.6 Å². The topological polar surface area (TPSA) is 61.6 Å². The molecule has 1 fully saturated rings. The van der Waals surface area contributed by atoms with Gasteiger partial charge in [-0.25, -0.2) is 4.98 Å². The summed E-state index contributed by atoms with van der Waals surface area (Å²) in [6.07, 6.45) is 0. The van der Waals surface area contributed by atoms with Gasteiger partial charge in [-0.05, 0) is 55.9 Å². The van der Waals surface area contributed by atoms with Gasteiger partial charge in [0.05, 0.1) is 0 Å². The number of aryl methyl sites for hydroxylation is 1. The molecule has 9 heteroatoms. The lowest BCUT2D eigenvalue weighted by Crippen LogP contribution is -2.44. The molecule has 1 N–H and O–H groups in total. The number of likely N-dealkylation sites (N-methyl/N-ethyl adjacent to an activating group) is 1. The first kappa shape index (κ1) is 22.0. The molecule has 0 radical (unpaired) electrons. The molecule has 2 aromatic heterocycles. The third-order valence-electron chi connectivity index (χ3n) is 5.71. The second-order valence-corrected chi connectivity index (χ2v) is 9.65. The molecular weight excluding hydrogens is 454 g/mol. The van der Waals surface area contributed by atoms with E-state index in [0.29, 0.717) is 10.9 Å². The minimum absolute atomic E-state index is 0.588. The number of piperazine rings is 1. The fourth-order valence-corrected chi connectivity index (χ4v) is 4.72. The minimum atomic E-state index is 0.588. The summed E-state index contributed by atoms with van der Waals surface area (Å²) in [5, 5.41) is 9.60.